The van der Waals surface area contributed by atoms with Crippen LogP contribution >= 0.6 is 0 Å². The van der Waals surface area contributed by atoms with Crippen molar-refractivity contribution in [2.45, 2.75) is 137 Å². The van der Waals surface area contributed by atoms with Crippen LogP contribution in [0.5, 0.6) is 0 Å². The quantitative estimate of drug-likeness (QED) is 0.389. The van der Waals surface area contributed by atoms with Crippen LogP contribution in [0.2, 0.25) is 0 Å². The summed E-state index contributed by atoms with van der Waals surface area (Å²) in [5.74, 6) is 1.09. The van der Waals surface area contributed by atoms with Gasteiger partial charge < -0.3 is 20.4 Å². The fraction of sp³-hybridized carbons (Fsp3) is 0.933. The van der Waals surface area contributed by atoms with Gasteiger partial charge in [0.05, 0.1) is 23.9 Å². The molecule has 0 aromatic rings. The van der Waals surface area contributed by atoms with Crippen LogP contribution in [-0.2, 0) is 0 Å². The van der Waals surface area contributed by atoms with Crippen LogP contribution in [0.1, 0.15) is 113 Å². The Morgan fingerprint density at radius 3 is 2.24 bits per heavy atom. The summed E-state index contributed by atoms with van der Waals surface area (Å²) >= 11 is 0. The summed E-state index contributed by atoms with van der Waals surface area (Å²) < 4.78 is 0. The van der Waals surface area contributed by atoms with Crippen molar-refractivity contribution >= 4 is 0 Å². The molecule has 0 heterocycles. The Morgan fingerprint density at radius 1 is 0.971 bits per heavy atom. The third kappa shape index (κ3) is 3.76. The van der Waals surface area contributed by atoms with Gasteiger partial charge in [-0.25, -0.2) is 0 Å². The van der Waals surface area contributed by atoms with Gasteiger partial charge in [-0.05, 0) is 111 Å². The molecule has 4 N–H and O–H groups in total. The van der Waals surface area contributed by atoms with Crippen molar-refractivity contribution in [2.24, 2.45) is 39.4 Å². The van der Waals surface area contributed by atoms with Gasteiger partial charge in [-0.15, -0.1) is 0 Å². The van der Waals surface area contributed by atoms with Gasteiger partial charge in [0.15, 0.2) is 0 Å². The molecule has 2 fully saturated rings. The van der Waals surface area contributed by atoms with Gasteiger partial charge in [0, 0.05) is 0 Å². The summed E-state index contributed by atoms with van der Waals surface area (Å²) in [4.78, 5) is 0. The third-order valence-electron chi connectivity index (χ3n) is 12.1. The molecule has 4 rings (SSSR count). The molecule has 2 saturated carbocycles. The standard InChI is InChI=1S/C30H52O4/c1-18(22(31)13-14-26(2,3)34)19-11-15-30(8)21-9-10-24-27(4,5)25(33)23(32)17-28(24,6)20(21)12-16-29(19,30)7/h18-19,22-25,31-34H,9-17H2,1-8H3/t18-,19+,22?,23+,24?,25-,28+,29+,30-/m0/s1. The lowest BCUT2D eigenvalue weighted by atomic mass is 9.43. The molecule has 34 heavy (non-hydrogen) atoms. The third-order valence-corrected chi connectivity index (χ3v) is 12.1. The minimum absolute atomic E-state index is 0.0456. The molecule has 0 spiro atoms. The highest BCUT2D eigenvalue weighted by atomic mass is 16.3. The molecule has 0 aromatic carbocycles. The van der Waals surface area contributed by atoms with E-state index in [0.717, 1.165) is 32.1 Å². The van der Waals surface area contributed by atoms with E-state index in [-0.39, 0.29) is 33.7 Å². The second kappa shape index (κ2) is 8.30. The summed E-state index contributed by atoms with van der Waals surface area (Å²) in [6.45, 7) is 17.6. The molecule has 196 valence electrons. The molecule has 0 amide bonds. The van der Waals surface area contributed by atoms with Crippen molar-refractivity contribution in [2.75, 3.05) is 0 Å². The van der Waals surface area contributed by atoms with E-state index in [1.807, 2.05) is 13.8 Å². The fourth-order valence-electron chi connectivity index (χ4n) is 9.74. The molecule has 9 atom stereocenters. The Balaban J connectivity index is 1.65. The van der Waals surface area contributed by atoms with Gasteiger partial charge in [0.25, 0.3) is 0 Å². The van der Waals surface area contributed by atoms with E-state index >= 15 is 0 Å². The molecule has 4 heteroatoms. The van der Waals surface area contributed by atoms with Gasteiger partial charge in [0.2, 0.25) is 0 Å². The molecule has 4 nitrogen and oxygen atoms in total. The monoisotopic (exact) mass is 476 g/mol. The molecule has 0 saturated heterocycles. The SMILES string of the molecule is C[C@H](C(O)CCC(C)(C)O)[C@H]1CC[C@@]2(C)C3=C(CC[C@]12C)[C@@]1(C)C[C@@H](O)[C@H](O)C(C)(C)C1CC3. The minimum atomic E-state index is -0.737. The Hall–Kier alpha value is -0.420. The van der Waals surface area contributed by atoms with E-state index < -0.39 is 17.8 Å². The number of fused-ring (bicyclic) bond motifs is 4. The van der Waals surface area contributed by atoms with Crippen LogP contribution in [0.25, 0.3) is 0 Å². The normalized spacial score (nSPS) is 45.9. The van der Waals surface area contributed by atoms with Gasteiger partial charge in [-0.3, -0.25) is 0 Å². The highest BCUT2D eigenvalue weighted by Crippen LogP contribution is 2.72. The van der Waals surface area contributed by atoms with Crippen molar-refractivity contribution in [3.8, 4) is 0 Å². The smallest absolute Gasteiger partial charge is 0.0853 e. The lowest BCUT2D eigenvalue weighted by Crippen LogP contribution is -2.59. The van der Waals surface area contributed by atoms with E-state index in [9.17, 15) is 20.4 Å². The molecule has 0 bridgehead atoms. The van der Waals surface area contributed by atoms with E-state index in [1.54, 1.807) is 11.1 Å². The average Bonchev–Trinajstić information content (AvgIpc) is 3.00. The summed E-state index contributed by atoms with van der Waals surface area (Å²) in [5, 5.41) is 43.0. The molecular formula is C30H52O4. The molecule has 0 radical (unpaired) electrons. The van der Waals surface area contributed by atoms with Crippen molar-refractivity contribution in [3.63, 3.8) is 0 Å². The number of aliphatic hydroxyl groups excluding tert-OH is 3. The molecule has 0 aliphatic heterocycles. The largest absolute Gasteiger partial charge is 0.393 e. The van der Waals surface area contributed by atoms with E-state index in [2.05, 4.69) is 41.5 Å². The van der Waals surface area contributed by atoms with E-state index in [0.29, 0.717) is 31.1 Å². The van der Waals surface area contributed by atoms with Crippen molar-refractivity contribution in [1.29, 1.82) is 0 Å². The van der Waals surface area contributed by atoms with E-state index in [4.69, 9.17) is 0 Å². The van der Waals surface area contributed by atoms with Crippen molar-refractivity contribution in [3.05, 3.63) is 11.1 Å². The molecular weight excluding hydrogens is 424 g/mol. The van der Waals surface area contributed by atoms with Crippen molar-refractivity contribution < 1.29 is 20.4 Å². The Morgan fingerprint density at radius 2 is 1.62 bits per heavy atom. The second-order valence-corrected chi connectivity index (χ2v) is 14.7. The Kier molecular flexibility index (Phi) is 6.50. The number of allylic oxidation sites excluding steroid dienone is 2. The average molecular weight is 477 g/mol. The fourth-order valence-corrected chi connectivity index (χ4v) is 9.74. The molecule has 2 unspecified atom stereocenters. The van der Waals surface area contributed by atoms with Gasteiger partial charge in [-0.2, -0.15) is 0 Å². The second-order valence-electron chi connectivity index (χ2n) is 14.7. The van der Waals surface area contributed by atoms with E-state index in [1.165, 1.54) is 6.42 Å². The topological polar surface area (TPSA) is 80.9 Å². The van der Waals surface area contributed by atoms with Gasteiger partial charge in [-0.1, -0.05) is 52.7 Å². The van der Waals surface area contributed by atoms with Crippen LogP contribution in [0.15, 0.2) is 11.1 Å². The zero-order valence-corrected chi connectivity index (χ0v) is 23.1. The maximum absolute atomic E-state index is 11.1. The predicted molar refractivity (Wildman–Crippen MR) is 137 cm³/mol. The Bertz CT molecular complexity index is 824. The first kappa shape index (κ1) is 26.6. The van der Waals surface area contributed by atoms with Crippen LogP contribution in [-0.4, -0.2) is 44.3 Å². The molecule has 4 aliphatic carbocycles. The zero-order valence-electron chi connectivity index (χ0n) is 23.1. The minimum Gasteiger partial charge on any atom is -0.393 e. The summed E-state index contributed by atoms with van der Waals surface area (Å²) in [5.41, 5.74) is 2.47. The Labute approximate surface area is 208 Å². The number of hydrogen-bond acceptors (Lipinski definition) is 4. The van der Waals surface area contributed by atoms with Crippen LogP contribution in [0, 0.1) is 39.4 Å². The number of aliphatic hydroxyl groups is 4. The van der Waals surface area contributed by atoms with Gasteiger partial charge in [0.1, 0.15) is 0 Å². The van der Waals surface area contributed by atoms with Gasteiger partial charge >= 0.3 is 0 Å². The lowest BCUT2D eigenvalue weighted by Gasteiger charge is -2.63. The maximum atomic E-state index is 11.1. The maximum Gasteiger partial charge on any atom is 0.0853 e. The highest BCUT2D eigenvalue weighted by molar-refractivity contribution is 5.39. The molecule has 0 aromatic heterocycles. The number of rotatable bonds is 5. The van der Waals surface area contributed by atoms with Crippen LogP contribution in [0.3, 0.4) is 0 Å². The first-order chi connectivity index (χ1) is 15.5. The van der Waals surface area contributed by atoms with Crippen LogP contribution < -0.4 is 0 Å². The van der Waals surface area contributed by atoms with Crippen LogP contribution in [0.4, 0.5) is 0 Å². The first-order valence-corrected chi connectivity index (χ1v) is 14.0. The summed E-state index contributed by atoms with van der Waals surface area (Å²) in [7, 11) is 0. The summed E-state index contributed by atoms with van der Waals surface area (Å²) in [6, 6.07) is 0. The highest BCUT2D eigenvalue weighted by Gasteiger charge is 2.64. The zero-order chi connectivity index (χ0) is 25.5. The predicted octanol–water partition coefficient (Wildman–Crippen LogP) is 5.62. The van der Waals surface area contributed by atoms with Crippen molar-refractivity contribution in [1.82, 2.24) is 0 Å². The first-order valence-electron chi connectivity index (χ1n) is 14.0. The summed E-state index contributed by atoms with van der Waals surface area (Å²) in [6.07, 6.45) is 6.98. The molecule has 4 aliphatic rings. The number of hydrogen-bond donors (Lipinski definition) is 4. The lowest BCUT2D eigenvalue weighted by molar-refractivity contribution is -0.158.